The van der Waals surface area contributed by atoms with Crippen LogP contribution in [0.25, 0.3) is 0 Å². The van der Waals surface area contributed by atoms with Crippen molar-refractivity contribution >= 4 is 11.9 Å². The van der Waals surface area contributed by atoms with Gasteiger partial charge in [0.1, 0.15) is 0 Å². The summed E-state index contributed by atoms with van der Waals surface area (Å²) in [5, 5.41) is 0. The van der Waals surface area contributed by atoms with Crippen molar-refractivity contribution in [1.29, 1.82) is 0 Å². The summed E-state index contributed by atoms with van der Waals surface area (Å²) in [5.41, 5.74) is 1.05. The Balaban J connectivity index is 2.46. The summed E-state index contributed by atoms with van der Waals surface area (Å²) in [7, 11) is 0. The van der Waals surface area contributed by atoms with Gasteiger partial charge in [-0.2, -0.15) is 0 Å². The van der Waals surface area contributed by atoms with Gasteiger partial charge in [0.15, 0.2) is 0 Å². The van der Waals surface area contributed by atoms with Crippen molar-refractivity contribution in [2.24, 2.45) is 0 Å². The molecule has 1 rings (SSSR count). The minimum Gasteiger partial charge on any atom is -0.462 e. The molecule has 0 bridgehead atoms. The fraction of sp³-hybridized carbons (Fsp3) is 0.636. The molecule has 0 spiro atoms. The molecule has 146 valence electrons. The van der Waals surface area contributed by atoms with E-state index in [2.05, 4.69) is 38.2 Å². The summed E-state index contributed by atoms with van der Waals surface area (Å²) in [6, 6.07) is 0. The van der Waals surface area contributed by atoms with Crippen molar-refractivity contribution < 1.29 is 19.1 Å². The maximum absolute atomic E-state index is 12.3. The van der Waals surface area contributed by atoms with Crippen molar-refractivity contribution in [3.63, 3.8) is 0 Å². The zero-order valence-corrected chi connectivity index (χ0v) is 16.4. The Morgan fingerprint density at radius 3 is 1.58 bits per heavy atom. The van der Waals surface area contributed by atoms with Crippen LogP contribution in [-0.4, -0.2) is 25.2 Å². The molecule has 4 nitrogen and oxygen atoms in total. The first-order valence-electron chi connectivity index (χ1n) is 10.1. The van der Waals surface area contributed by atoms with Crippen LogP contribution in [0.2, 0.25) is 0 Å². The highest BCUT2D eigenvalue weighted by Crippen LogP contribution is 2.27. The predicted octanol–water partition coefficient (Wildman–Crippen LogP) is 5.44. The molecule has 0 N–H and O–H groups in total. The minimum absolute atomic E-state index is 0.345. The molecule has 26 heavy (non-hydrogen) atoms. The van der Waals surface area contributed by atoms with Crippen LogP contribution in [0, 0.1) is 0 Å². The summed E-state index contributed by atoms with van der Waals surface area (Å²) < 4.78 is 10.7. The minimum atomic E-state index is -0.345. The van der Waals surface area contributed by atoms with Crippen LogP contribution in [0.4, 0.5) is 0 Å². The van der Waals surface area contributed by atoms with Gasteiger partial charge in [-0.3, -0.25) is 0 Å². The number of hydrogen-bond donors (Lipinski definition) is 0. The lowest BCUT2D eigenvalue weighted by molar-refractivity contribution is -0.143. The number of carbonyl (C=O) groups excluding carboxylic acids is 2. The number of ether oxygens (including phenoxy) is 2. The lowest BCUT2D eigenvalue weighted by Crippen LogP contribution is -2.20. The molecular weight excluding hydrogens is 328 g/mol. The molecule has 0 heterocycles. The molecule has 0 fully saturated rings. The third-order valence-corrected chi connectivity index (χ3v) is 4.26. The van der Waals surface area contributed by atoms with Crippen LogP contribution in [0.5, 0.6) is 0 Å². The van der Waals surface area contributed by atoms with Crippen LogP contribution in [0.3, 0.4) is 0 Å². The standard InChI is InChI=1S/C22H34O4/c1-3-5-7-9-13-17-25-21(23)19-15-11-12-16-20(19)22(24)26-18-14-10-8-6-4-2/h5-8H,3-4,9-18H2,1-2H3/b7-5+,8-6+. The number of unbranched alkanes of at least 4 members (excludes halogenated alkanes) is 2. The average Bonchev–Trinajstić information content (AvgIpc) is 2.67. The van der Waals surface area contributed by atoms with E-state index in [1.54, 1.807) is 0 Å². The molecule has 4 heteroatoms. The number of rotatable bonds is 12. The van der Waals surface area contributed by atoms with Gasteiger partial charge >= 0.3 is 11.9 Å². The molecule has 0 unspecified atom stereocenters. The van der Waals surface area contributed by atoms with Crippen molar-refractivity contribution in [3.05, 3.63) is 35.5 Å². The highest BCUT2D eigenvalue weighted by atomic mass is 16.5. The van der Waals surface area contributed by atoms with Gasteiger partial charge in [0.2, 0.25) is 0 Å². The first-order chi connectivity index (χ1) is 12.7. The number of hydrogen-bond acceptors (Lipinski definition) is 4. The summed E-state index contributed by atoms with van der Waals surface area (Å²) in [4.78, 5) is 24.7. The van der Waals surface area contributed by atoms with E-state index in [-0.39, 0.29) is 11.9 Å². The lowest BCUT2D eigenvalue weighted by atomic mass is 9.92. The second-order valence-electron chi connectivity index (χ2n) is 6.48. The Morgan fingerprint density at radius 1 is 0.769 bits per heavy atom. The van der Waals surface area contributed by atoms with Crippen LogP contribution in [0.15, 0.2) is 35.5 Å². The van der Waals surface area contributed by atoms with Gasteiger partial charge in [0, 0.05) is 11.1 Å². The highest BCUT2D eigenvalue weighted by Gasteiger charge is 2.25. The quantitative estimate of drug-likeness (QED) is 0.264. The number of esters is 2. The molecule has 1 aliphatic carbocycles. The second kappa shape index (κ2) is 14.3. The molecule has 0 saturated carbocycles. The van der Waals surface area contributed by atoms with E-state index in [9.17, 15) is 9.59 Å². The molecular formula is C22H34O4. The van der Waals surface area contributed by atoms with Crippen molar-refractivity contribution in [2.45, 2.75) is 78.1 Å². The summed E-state index contributed by atoms with van der Waals surface area (Å²) in [6.45, 7) is 4.97. The molecule has 0 saturated heterocycles. The van der Waals surface area contributed by atoms with Gasteiger partial charge in [0.05, 0.1) is 13.2 Å². The molecule has 0 radical (unpaired) electrons. The zero-order chi connectivity index (χ0) is 19.0. The predicted molar refractivity (Wildman–Crippen MR) is 105 cm³/mol. The SMILES string of the molecule is CC/C=C/CCCOC(=O)C1=C(C(=O)OCCC/C=C/CC)CCCC1. The third-order valence-electron chi connectivity index (χ3n) is 4.26. The van der Waals surface area contributed by atoms with E-state index in [4.69, 9.17) is 9.47 Å². The van der Waals surface area contributed by atoms with Gasteiger partial charge in [-0.05, 0) is 64.2 Å². The molecule has 0 atom stereocenters. The van der Waals surface area contributed by atoms with Crippen LogP contribution in [-0.2, 0) is 19.1 Å². The van der Waals surface area contributed by atoms with Gasteiger partial charge in [-0.25, -0.2) is 9.59 Å². The fourth-order valence-electron chi connectivity index (χ4n) is 2.83. The molecule has 0 amide bonds. The van der Waals surface area contributed by atoms with Crippen LogP contribution >= 0.6 is 0 Å². The first kappa shape index (κ1) is 22.2. The first-order valence-corrected chi connectivity index (χ1v) is 10.1. The summed E-state index contributed by atoms with van der Waals surface area (Å²) >= 11 is 0. The highest BCUT2D eigenvalue weighted by molar-refractivity contribution is 6.00. The average molecular weight is 363 g/mol. The molecule has 0 aliphatic heterocycles. The fourth-order valence-corrected chi connectivity index (χ4v) is 2.83. The molecule has 0 aromatic rings. The Morgan fingerprint density at radius 2 is 1.19 bits per heavy atom. The molecule has 0 aromatic heterocycles. The Hall–Kier alpha value is -1.84. The van der Waals surface area contributed by atoms with Crippen LogP contribution in [0.1, 0.15) is 78.1 Å². The molecule has 0 aromatic carbocycles. The smallest absolute Gasteiger partial charge is 0.334 e. The van der Waals surface area contributed by atoms with E-state index in [0.717, 1.165) is 51.4 Å². The van der Waals surface area contributed by atoms with E-state index in [1.165, 1.54) is 0 Å². The van der Waals surface area contributed by atoms with Gasteiger partial charge in [-0.1, -0.05) is 38.2 Å². The Labute approximate surface area is 158 Å². The Kier molecular flexibility index (Phi) is 12.2. The van der Waals surface area contributed by atoms with Crippen molar-refractivity contribution in [1.82, 2.24) is 0 Å². The molecule has 1 aliphatic rings. The number of carbonyl (C=O) groups is 2. The third kappa shape index (κ3) is 9.02. The second-order valence-corrected chi connectivity index (χ2v) is 6.48. The van der Waals surface area contributed by atoms with Crippen molar-refractivity contribution in [3.8, 4) is 0 Å². The van der Waals surface area contributed by atoms with Crippen molar-refractivity contribution in [2.75, 3.05) is 13.2 Å². The lowest BCUT2D eigenvalue weighted by Gasteiger charge is -2.18. The topological polar surface area (TPSA) is 52.6 Å². The van der Waals surface area contributed by atoms with E-state index < -0.39 is 0 Å². The van der Waals surface area contributed by atoms with Gasteiger partial charge < -0.3 is 9.47 Å². The number of allylic oxidation sites excluding steroid dienone is 4. The normalized spacial score (nSPS) is 15.0. The largest absolute Gasteiger partial charge is 0.462 e. The van der Waals surface area contributed by atoms with Gasteiger partial charge in [-0.15, -0.1) is 0 Å². The van der Waals surface area contributed by atoms with E-state index >= 15 is 0 Å². The van der Waals surface area contributed by atoms with E-state index in [1.807, 2.05) is 0 Å². The maximum Gasteiger partial charge on any atom is 0.334 e. The van der Waals surface area contributed by atoms with Crippen LogP contribution < -0.4 is 0 Å². The summed E-state index contributed by atoms with van der Waals surface area (Å²) in [5.74, 6) is -0.691. The Bertz CT molecular complexity index is 468. The van der Waals surface area contributed by atoms with E-state index in [0.29, 0.717) is 37.2 Å². The monoisotopic (exact) mass is 362 g/mol. The summed E-state index contributed by atoms with van der Waals surface area (Å²) in [6.07, 6.45) is 16.9. The van der Waals surface area contributed by atoms with Gasteiger partial charge in [0.25, 0.3) is 0 Å². The maximum atomic E-state index is 12.3. The zero-order valence-electron chi connectivity index (χ0n) is 16.4.